The summed E-state index contributed by atoms with van der Waals surface area (Å²) in [5, 5.41) is 13.2. The molecule has 1 aliphatic heterocycles. The van der Waals surface area contributed by atoms with Gasteiger partial charge in [-0.1, -0.05) is 62.0 Å². The normalized spacial score (nSPS) is 12.6. The molecule has 158 valence electrons. The quantitative estimate of drug-likeness (QED) is 0.342. The molecule has 0 spiro atoms. The third-order valence-electron chi connectivity index (χ3n) is 4.94. The molecule has 0 atom stereocenters. The van der Waals surface area contributed by atoms with Crippen molar-refractivity contribution in [2.24, 2.45) is 0 Å². The summed E-state index contributed by atoms with van der Waals surface area (Å²) in [5.41, 5.74) is 3.23. The molecule has 0 bridgehead atoms. The monoisotopic (exact) mass is 450 g/mol. The smallest absolute Gasteiger partial charge is 0.231 e. The van der Waals surface area contributed by atoms with Gasteiger partial charge in [0.05, 0.1) is 17.2 Å². The van der Waals surface area contributed by atoms with Crippen LogP contribution in [0.4, 0.5) is 0 Å². The van der Waals surface area contributed by atoms with Crippen LogP contribution in [-0.2, 0) is 12.3 Å². The highest BCUT2D eigenvalue weighted by atomic mass is 32.2. The van der Waals surface area contributed by atoms with Crippen molar-refractivity contribution in [2.45, 2.75) is 37.2 Å². The number of thioether (sulfide) groups is 1. The third kappa shape index (κ3) is 4.31. The average Bonchev–Trinajstić information content (AvgIpc) is 3.52. The topological polar surface area (TPSA) is 62.1 Å². The Bertz CT molecular complexity index is 1190. The van der Waals surface area contributed by atoms with Crippen molar-refractivity contribution < 1.29 is 9.47 Å². The number of benzene rings is 2. The summed E-state index contributed by atoms with van der Waals surface area (Å²) >= 11 is 3.38. The van der Waals surface area contributed by atoms with Crippen molar-refractivity contribution in [1.29, 1.82) is 0 Å². The molecule has 4 aromatic rings. The van der Waals surface area contributed by atoms with Gasteiger partial charge < -0.3 is 9.47 Å². The minimum absolute atomic E-state index is 0.272. The first-order valence-electron chi connectivity index (χ1n) is 10.1. The number of fused-ring (bicyclic) bond motifs is 1. The molecule has 0 N–H and O–H groups in total. The molecule has 0 unspecified atom stereocenters. The summed E-state index contributed by atoms with van der Waals surface area (Å²) in [7, 11) is 0. The lowest BCUT2D eigenvalue weighted by Crippen LogP contribution is -2.04. The molecule has 0 amide bonds. The predicted octanol–water partition coefficient (Wildman–Crippen LogP) is 5.59. The van der Waals surface area contributed by atoms with Gasteiger partial charge in [0.15, 0.2) is 22.5 Å². The van der Waals surface area contributed by atoms with Crippen molar-refractivity contribution >= 4 is 23.1 Å². The second kappa shape index (κ2) is 8.72. The van der Waals surface area contributed by atoms with E-state index in [1.165, 1.54) is 5.01 Å². The van der Waals surface area contributed by atoms with E-state index in [2.05, 4.69) is 52.2 Å². The van der Waals surface area contributed by atoms with Crippen LogP contribution in [0, 0.1) is 0 Å². The van der Waals surface area contributed by atoms with Gasteiger partial charge in [-0.15, -0.1) is 21.5 Å². The van der Waals surface area contributed by atoms with Crippen LogP contribution >= 0.6 is 23.1 Å². The highest BCUT2D eigenvalue weighted by molar-refractivity contribution is 7.98. The second-order valence-corrected chi connectivity index (χ2v) is 9.40. The molecule has 31 heavy (non-hydrogen) atoms. The van der Waals surface area contributed by atoms with Crippen molar-refractivity contribution in [3.8, 4) is 22.9 Å². The van der Waals surface area contributed by atoms with Gasteiger partial charge in [-0.3, -0.25) is 4.57 Å². The van der Waals surface area contributed by atoms with Gasteiger partial charge in [0.25, 0.3) is 0 Å². The molecule has 2 aromatic carbocycles. The van der Waals surface area contributed by atoms with Crippen LogP contribution in [0.5, 0.6) is 11.5 Å². The maximum Gasteiger partial charge on any atom is 0.231 e. The number of aromatic nitrogens is 4. The molecule has 8 heteroatoms. The zero-order chi connectivity index (χ0) is 21.2. The Kier molecular flexibility index (Phi) is 5.65. The van der Waals surface area contributed by atoms with Gasteiger partial charge in [0, 0.05) is 22.6 Å². The summed E-state index contributed by atoms with van der Waals surface area (Å²) in [6.07, 6.45) is 0. The van der Waals surface area contributed by atoms with E-state index in [0.717, 1.165) is 45.1 Å². The minimum Gasteiger partial charge on any atom is -0.454 e. The van der Waals surface area contributed by atoms with Crippen molar-refractivity contribution in [3.05, 3.63) is 70.2 Å². The van der Waals surface area contributed by atoms with E-state index in [9.17, 15) is 0 Å². The Balaban J connectivity index is 1.44. The van der Waals surface area contributed by atoms with E-state index in [-0.39, 0.29) is 6.79 Å². The zero-order valence-electron chi connectivity index (χ0n) is 17.3. The molecule has 0 fully saturated rings. The Hall–Kier alpha value is -2.84. The summed E-state index contributed by atoms with van der Waals surface area (Å²) in [4.78, 5) is 4.75. The highest BCUT2D eigenvalue weighted by Crippen LogP contribution is 2.34. The molecular weight excluding hydrogens is 428 g/mol. The van der Waals surface area contributed by atoms with Crippen LogP contribution in [0.1, 0.15) is 36.0 Å². The average molecular weight is 451 g/mol. The first kappa shape index (κ1) is 20.1. The van der Waals surface area contributed by atoms with Crippen molar-refractivity contribution in [1.82, 2.24) is 19.7 Å². The van der Waals surface area contributed by atoms with Crippen molar-refractivity contribution in [2.75, 3.05) is 6.79 Å². The van der Waals surface area contributed by atoms with Crippen LogP contribution < -0.4 is 9.47 Å². The fraction of sp³-hybridized carbons (Fsp3) is 0.261. The Morgan fingerprint density at radius 1 is 1.06 bits per heavy atom. The van der Waals surface area contributed by atoms with Gasteiger partial charge in [0.1, 0.15) is 0 Å². The van der Waals surface area contributed by atoms with Crippen LogP contribution in [0.25, 0.3) is 11.4 Å². The number of nitrogens with zero attached hydrogens (tertiary/aromatic N) is 4. The van der Waals surface area contributed by atoms with Crippen LogP contribution in [0.2, 0.25) is 0 Å². The lowest BCUT2D eigenvalue weighted by atomic mass is 10.2. The van der Waals surface area contributed by atoms with E-state index >= 15 is 0 Å². The minimum atomic E-state index is 0.272. The van der Waals surface area contributed by atoms with E-state index < -0.39 is 0 Å². The number of hydrogen-bond donors (Lipinski definition) is 0. The molecular formula is C23H22N4O2S2. The molecule has 5 rings (SSSR count). The van der Waals surface area contributed by atoms with Crippen LogP contribution in [0.3, 0.4) is 0 Å². The lowest BCUT2D eigenvalue weighted by Gasteiger charge is -2.11. The molecule has 0 radical (unpaired) electrons. The Morgan fingerprint density at radius 2 is 1.90 bits per heavy atom. The molecule has 0 saturated carbocycles. The SMILES string of the molecule is CC(C)c1nc(CSc2nnc(-c3ccccc3)n2Cc2ccc3c(c2)OCO3)cs1. The fourth-order valence-corrected chi connectivity index (χ4v) is 5.12. The second-order valence-electron chi connectivity index (χ2n) is 7.57. The summed E-state index contributed by atoms with van der Waals surface area (Å²) < 4.78 is 13.2. The van der Waals surface area contributed by atoms with E-state index in [4.69, 9.17) is 14.5 Å². The molecule has 0 aliphatic carbocycles. The molecule has 3 heterocycles. The zero-order valence-corrected chi connectivity index (χ0v) is 18.9. The maximum absolute atomic E-state index is 5.56. The van der Waals surface area contributed by atoms with Gasteiger partial charge >= 0.3 is 0 Å². The van der Waals surface area contributed by atoms with E-state index in [0.29, 0.717) is 12.5 Å². The third-order valence-corrected chi connectivity index (χ3v) is 7.13. The molecule has 6 nitrogen and oxygen atoms in total. The van der Waals surface area contributed by atoms with E-state index in [1.54, 1.807) is 23.1 Å². The molecule has 0 saturated heterocycles. The lowest BCUT2D eigenvalue weighted by molar-refractivity contribution is 0.174. The Labute approximate surface area is 189 Å². The van der Waals surface area contributed by atoms with E-state index in [1.807, 2.05) is 30.3 Å². The van der Waals surface area contributed by atoms with Crippen LogP contribution in [-0.4, -0.2) is 26.5 Å². The van der Waals surface area contributed by atoms with Crippen molar-refractivity contribution in [3.63, 3.8) is 0 Å². The summed E-state index contributed by atoms with van der Waals surface area (Å²) in [6, 6.07) is 16.2. The standard InChI is InChI=1S/C23H22N4O2S2/c1-15(2)22-24-18(12-30-22)13-31-23-26-25-21(17-6-4-3-5-7-17)27(23)11-16-8-9-19-20(10-16)29-14-28-19/h3-10,12,15H,11,13-14H2,1-2H3. The fourth-order valence-electron chi connectivity index (χ4n) is 3.35. The molecule has 1 aliphatic rings. The summed E-state index contributed by atoms with van der Waals surface area (Å²) in [5.74, 6) is 3.63. The number of rotatable bonds is 7. The summed E-state index contributed by atoms with van der Waals surface area (Å²) in [6.45, 7) is 5.26. The maximum atomic E-state index is 5.56. The molecule has 2 aromatic heterocycles. The first-order valence-corrected chi connectivity index (χ1v) is 12.0. The number of ether oxygens (including phenoxy) is 2. The largest absolute Gasteiger partial charge is 0.454 e. The Morgan fingerprint density at radius 3 is 2.71 bits per heavy atom. The predicted molar refractivity (Wildman–Crippen MR) is 123 cm³/mol. The number of thiazole rings is 1. The van der Waals surface area contributed by atoms with Crippen LogP contribution in [0.15, 0.2) is 59.1 Å². The highest BCUT2D eigenvalue weighted by Gasteiger charge is 2.18. The van der Waals surface area contributed by atoms with Gasteiger partial charge in [-0.25, -0.2) is 4.98 Å². The first-order chi connectivity index (χ1) is 15.2. The van der Waals surface area contributed by atoms with Gasteiger partial charge in [0.2, 0.25) is 6.79 Å². The van der Waals surface area contributed by atoms with Gasteiger partial charge in [-0.2, -0.15) is 0 Å². The van der Waals surface area contributed by atoms with Gasteiger partial charge in [-0.05, 0) is 17.7 Å². The number of hydrogen-bond acceptors (Lipinski definition) is 7.